The maximum Gasteiger partial charge on any atom is 0.292 e. The number of aromatic nitrogens is 2. The number of nitro benzene ring substituents is 1. The van der Waals surface area contributed by atoms with Crippen molar-refractivity contribution in [3.05, 3.63) is 78.5 Å². The minimum absolute atomic E-state index is 0.0165. The van der Waals surface area contributed by atoms with E-state index < -0.39 is 28.2 Å². The van der Waals surface area contributed by atoms with Crippen molar-refractivity contribution in [2.75, 3.05) is 16.0 Å². The van der Waals surface area contributed by atoms with E-state index in [-0.39, 0.29) is 35.1 Å². The van der Waals surface area contributed by atoms with Crippen molar-refractivity contribution in [2.45, 2.75) is 12.3 Å². The molecule has 0 unspecified atom stereocenters. The number of aromatic amines is 1. The average molecular weight is 489 g/mol. The Morgan fingerprint density at radius 2 is 1.85 bits per heavy atom. The SMILES string of the molecule is O=C1C[C@@H](C(=O)Nc2ccccc2[N+](=O)[O-])c2c(nc(Nc3cc(Cl)cc(Cl)c3)[nH]c2=O)N1. The standard InChI is InChI=1S/C20H14Cl2N6O5/c21-9-5-10(22)7-11(6-9)23-20-26-17-16(19(31)27-20)12(8-15(29)25-17)18(30)24-13-3-1-2-4-14(13)28(32)33/h1-7,12H,8H2,(H,24,30)(H3,23,25,26,27,29,31)/t12-/m1/s1. The Bertz CT molecular complexity index is 1340. The lowest BCUT2D eigenvalue weighted by Crippen LogP contribution is -2.36. The molecule has 0 fully saturated rings. The second-order valence-corrected chi connectivity index (χ2v) is 7.90. The number of benzene rings is 2. The van der Waals surface area contributed by atoms with Gasteiger partial charge in [-0.05, 0) is 24.3 Å². The second kappa shape index (κ2) is 8.88. The van der Waals surface area contributed by atoms with E-state index in [1.54, 1.807) is 12.1 Å². The summed E-state index contributed by atoms with van der Waals surface area (Å²) in [6.07, 6.45) is -0.332. The van der Waals surface area contributed by atoms with E-state index in [0.29, 0.717) is 15.7 Å². The Labute approximate surface area is 195 Å². The topological polar surface area (TPSA) is 159 Å². The number of hydrogen-bond acceptors (Lipinski definition) is 7. The number of halogens is 2. The predicted molar refractivity (Wildman–Crippen MR) is 122 cm³/mol. The van der Waals surface area contributed by atoms with Gasteiger partial charge in [0.1, 0.15) is 11.5 Å². The number of carbonyl (C=O) groups is 2. The van der Waals surface area contributed by atoms with E-state index in [4.69, 9.17) is 23.2 Å². The third-order valence-electron chi connectivity index (χ3n) is 4.75. The van der Waals surface area contributed by atoms with E-state index in [9.17, 15) is 24.5 Å². The van der Waals surface area contributed by atoms with Gasteiger partial charge in [0, 0.05) is 28.2 Å². The highest BCUT2D eigenvalue weighted by molar-refractivity contribution is 6.35. The summed E-state index contributed by atoms with van der Waals surface area (Å²) in [6, 6.07) is 10.2. The number of anilines is 4. The highest BCUT2D eigenvalue weighted by Crippen LogP contribution is 2.32. The fraction of sp³-hybridized carbons (Fsp3) is 0.100. The molecule has 3 aromatic rings. The zero-order valence-electron chi connectivity index (χ0n) is 16.5. The Kier molecular flexibility index (Phi) is 5.99. The molecule has 1 aromatic heterocycles. The summed E-state index contributed by atoms with van der Waals surface area (Å²) in [4.78, 5) is 55.2. The molecule has 33 heavy (non-hydrogen) atoms. The third kappa shape index (κ3) is 4.78. The van der Waals surface area contributed by atoms with Crippen LogP contribution in [0.4, 0.5) is 28.8 Å². The molecule has 4 rings (SSSR count). The fourth-order valence-corrected chi connectivity index (χ4v) is 3.90. The van der Waals surface area contributed by atoms with Gasteiger partial charge in [-0.25, -0.2) is 0 Å². The summed E-state index contributed by atoms with van der Waals surface area (Å²) in [5, 5.41) is 19.7. The Hall–Kier alpha value is -3.96. The Balaban J connectivity index is 1.66. The molecule has 168 valence electrons. The minimum atomic E-state index is -1.21. The Morgan fingerprint density at radius 3 is 2.55 bits per heavy atom. The van der Waals surface area contributed by atoms with Gasteiger partial charge in [-0.3, -0.25) is 29.5 Å². The summed E-state index contributed by atoms with van der Waals surface area (Å²) in [7, 11) is 0. The molecule has 2 aromatic carbocycles. The van der Waals surface area contributed by atoms with Crippen molar-refractivity contribution < 1.29 is 14.5 Å². The lowest BCUT2D eigenvalue weighted by atomic mass is 9.92. The molecule has 4 N–H and O–H groups in total. The van der Waals surface area contributed by atoms with Gasteiger partial charge < -0.3 is 16.0 Å². The van der Waals surface area contributed by atoms with E-state index in [2.05, 4.69) is 25.9 Å². The third-order valence-corrected chi connectivity index (χ3v) is 5.19. The molecule has 2 heterocycles. The molecule has 0 bridgehead atoms. The Morgan fingerprint density at radius 1 is 1.15 bits per heavy atom. The van der Waals surface area contributed by atoms with Crippen molar-refractivity contribution >= 4 is 63.8 Å². The van der Waals surface area contributed by atoms with Crippen LogP contribution in [0, 0.1) is 10.1 Å². The number of amides is 2. The first-order valence-electron chi connectivity index (χ1n) is 9.42. The maximum atomic E-state index is 12.9. The van der Waals surface area contributed by atoms with Crippen LogP contribution in [0.1, 0.15) is 17.9 Å². The van der Waals surface area contributed by atoms with Crippen LogP contribution in [0.3, 0.4) is 0 Å². The molecule has 1 aliphatic rings. The first-order chi connectivity index (χ1) is 15.7. The predicted octanol–water partition coefficient (Wildman–Crippen LogP) is 3.79. The highest BCUT2D eigenvalue weighted by atomic mass is 35.5. The summed E-state index contributed by atoms with van der Waals surface area (Å²) >= 11 is 11.9. The molecule has 1 aliphatic heterocycles. The van der Waals surface area contributed by atoms with Gasteiger partial charge >= 0.3 is 0 Å². The van der Waals surface area contributed by atoms with Gasteiger partial charge in [0.05, 0.1) is 16.4 Å². The molecule has 0 spiro atoms. The van der Waals surface area contributed by atoms with Crippen LogP contribution in [0.5, 0.6) is 0 Å². The molecule has 13 heteroatoms. The molecule has 2 amide bonds. The molecular formula is C20H14Cl2N6O5. The average Bonchev–Trinajstić information content (AvgIpc) is 2.72. The maximum absolute atomic E-state index is 12.9. The van der Waals surface area contributed by atoms with Crippen LogP contribution in [0.25, 0.3) is 0 Å². The fourth-order valence-electron chi connectivity index (χ4n) is 3.38. The quantitative estimate of drug-likeness (QED) is 0.313. The van der Waals surface area contributed by atoms with Crippen molar-refractivity contribution in [1.82, 2.24) is 9.97 Å². The molecule has 1 atom stereocenters. The molecule has 0 radical (unpaired) electrons. The van der Waals surface area contributed by atoms with Gasteiger partial charge in [0.25, 0.3) is 11.2 Å². The molecule has 0 saturated carbocycles. The summed E-state index contributed by atoms with van der Waals surface area (Å²) in [6.45, 7) is 0. The van der Waals surface area contributed by atoms with E-state index in [1.807, 2.05) is 0 Å². The largest absolute Gasteiger partial charge is 0.326 e. The minimum Gasteiger partial charge on any atom is -0.326 e. The van der Waals surface area contributed by atoms with Crippen LogP contribution in [-0.2, 0) is 9.59 Å². The highest BCUT2D eigenvalue weighted by Gasteiger charge is 2.35. The van der Waals surface area contributed by atoms with E-state index in [0.717, 1.165) is 0 Å². The summed E-state index contributed by atoms with van der Waals surface area (Å²) in [5.41, 5.74) is -0.680. The van der Waals surface area contributed by atoms with Gasteiger partial charge in [-0.15, -0.1) is 0 Å². The van der Waals surface area contributed by atoms with E-state index in [1.165, 1.54) is 30.3 Å². The molecule has 0 saturated heterocycles. The first kappa shape index (κ1) is 22.2. The lowest BCUT2D eigenvalue weighted by Gasteiger charge is -2.23. The molecule has 0 aliphatic carbocycles. The van der Waals surface area contributed by atoms with Crippen LogP contribution in [-0.4, -0.2) is 26.7 Å². The van der Waals surface area contributed by atoms with Crippen LogP contribution >= 0.6 is 23.2 Å². The van der Waals surface area contributed by atoms with Gasteiger partial charge in [0.15, 0.2) is 0 Å². The number of para-hydroxylation sites is 2. The molecular weight excluding hydrogens is 475 g/mol. The van der Waals surface area contributed by atoms with Crippen molar-refractivity contribution in [1.29, 1.82) is 0 Å². The number of rotatable bonds is 5. The number of carbonyl (C=O) groups excluding carboxylic acids is 2. The number of hydrogen-bond donors (Lipinski definition) is 4. The zero-order valence-corrected chi connectivity index (χ0v) is 18.0. The number of nitrogens with zero attached hydrogens (tertiary/aromatic N) is 2. The lowest BCUT2D eigenvalue weighted by molar-refractivity contribution is -0.383. The van der Waals surface area contributed by atoms with Crippen molar-refractivity contribution in [3.63, 3.8) is 0 Å². The van der Waals surface area contributed by atoms with Crippen LogP contribution in [0.2, 0.25) is 10.0 Å². The number of nitrogens with one attached hydrogen (secondary N) is 4. The summed E-state index contributed by atoms with van der Waals surface area (Å²) < 4.78 is 0. The van der Waals surface area contributed by atoms with Crippen LogP contribution < -0.4 is 21.5 Å². The van der Waals surface area contributed by atoms with Gasteiger partial charge in [-0.1, -0.05) is 35.3 Å². The van der Waals surface area contributed by atoms with Crippen LogP contribution in [0.15, 0.2) is 47.3 Å². The number of fused-ring (bicyclic) bond motifs is 1. The number of H-pyrrole nitrogens is 1. The van der Waals surface area contributed by atoms with Gasteiger partial charge in [-0.2, -0.15) is 4.98 Å². The molecule has 11 nitrogen and oxygen atoms in total. The van der Waals surface area contributed by atoms with Crippen molar-refractivity contribution in [2.24, 2.45) is 0 Å². The van der Waals surface area contributed by atoms with Crippen molar-refractivity contribution in [3.8, 4) is 0 Å². The number of nitro groups is 1. The monoisotopic (exact) mass is 488 g/mol. The first-order valence-corrected chi connectivity index (χ1v) is 10.2. The summed E-state index contributed by atoms with van der Waals surface area (Å²) in [5.74, 6) is -2.62. The van der Waals surface area contributed by atoms with Gasteiger partial charge in [0.2, 0.25) is 17.8 Å². The zero-order chi connectivity index (χ0) is 23.7. The smallest absolute Gasteiger partial charge is 0.292 e. The van der Waals surface area contributed by atoms with E-state index >= 15 is 0 Å². The normalized spacial score (nSPS) is 14.7. The second-order valence-electron chi connectivity index (χ2n) is 7.03.